The average molecular weight is 378 g/mol. The number of anilines is 1. The summed E-state index contributed by atoms with van der Waals surface area (Å²) >= 11 is 0. The number of carboxylic acids is 1. The normalized spacial score (nSPS) is 19.0. The minimum absolute atomic E-state index is 0.0614. The number of fused-ring (bicyclic) bond motifs is 1. The molecule has 1 saturated heterocycles. The SMILES string of the molecule is CC(=O)OCC1CCC(c2ccc3c(N)ncnn23)O1.CC(C)CC(=O)O. The molecule has 0 saturated carbocycles. The number of esters is 1. The van der Waals surface area contributed by atoms with Crippen molar-refractivity contribution in [3.05, 3.63) is 24.2 Å². The zero-order chi connectivity index (χ0) is 20.0. The first kappa shape index (κ1) is 20.6. The van der Waals surface area contributed by atoms with E-state index in [1.54, 1.807) is 4.52 Å². The quantitative estimate of drug-likeness (QED) is 0.758. The topological polar surface area (TPSA) is 129 Å². The van der Waals surface area contributed by atoms with E-state index < -0.39 is 5.97 Å². The molecule has 2 atom stereocenters. The lowest BCUT2D eigenvalue weighted by Crippen LogP contribution is -2.17. The van der Waals surface area contributed by atoms with Crippen LogP contribution in [0.15, 0.2) is 18.5 Å². The van der Waals surface area contributed by atoms with E-state index >= 15 is 0 Å². The molecule has 148 valence electrons. The number of aromatic nitrogens is 3. The van der Waals surface area contributed by atoms with Crippen LogP contribution in [0.2, 0.25) is 0 Å². The van der Waals surface area contributed by atoms with E-state index in [0.29, 0.717) is 12.4 Å². The smallest absolute Gasteiger partial charge is 0.303 e. The molecule has 2 unspecified atom stereocenters. The predicted molar refractivity (Wildman–Crippen MR) is 98.0 cm³/mol. The van der Waals surface area contributed by atoms with Crippen LogP contribution in [0.1, 0.15) is 51.8 Å². The molecule has 0 radical (unpaired) electrons. The highest BCUT2D eigenvalue weighted by molar-refractivity contribution is 5.67. The molecule has 0 aliphatic carbocycles. The molecule has 1 aliphatic heterocycles. The summed E-state index contributed by atoms with van der Waals surface area (Å²) in [6, 6.07) is 3.83. The van der Waals surface area contributed by atoms with Gasteiger partial charge >= 0.3 is 11.9 Å². The minimum atomic E-state index is -0.713. The van der Waals surface area contributed by atoms with E-state index in [2.05, 4.69) is 10.1 Å². The molecule has 3 N–H and O–H groups in total. The molecule has 0 bridgehead atoms. The van der Waals surface area contributed by atoms with E-state index in [1.807, 2.05) is 26.0 Å². The third kappa shape index (κ3) is 5.92. The summed E-state index contributed by atoms with van der Waals surface area (Å²) in [6.07, 6.45) is 3.30. The second-order valence-corrected chi connectivity index (χ2v) is 6.82. The van der Waals surface area contributed by atoms with Gasteiger partial charge in [-0.25, -0.2) is 9.50 Å². The van der Waals surface area contributed by atoms with Gasteiger partial charge in [0.05, 0.1) is 11.8 Å². The standard InChI is InChI=1S/C13H16N4O3.C5H10O2/c1-8(18)19-6-9-2-5-12(20-9)10-3-4-11-13(14)15-7-16-17(10)11;1-4(2)3-5(6)7/h3-4,7,9,12H,2,5-6H2,1H3,(H2,14,15,16);4H,3H2,1-2H3,(H,6,7). The van der Waals surface area contributed by atoms with Gasteiger partial charge in [-0.15, -0.1) is 0 Å². The monoisotopic (exact) mass is 378 g/mol. The molecule has 9 heteroatoms. The highest BCUT2D eigenvalue weighted by atomic mass is 16.6. The molecule has 1 fully saturated rings. The van der Waals surface area contributed by atoms with Crippen molar-refractivity contribution in [3.8, 4) is 0 Å². The maximum atomic E-state index is 10.8. The van der Waals surface area contributed by atoms with E-state index in [4.69, 9.17) is 20.3 Å². The number of aliphatic carboxylic acids is 1. The van der Waals surface area contributed by atoms with Gasteiger partial charge in [0.1, 0.15) is 24.6 Å². The Morgan fingerprint density at radius 2 is 2.15 bits per heavy atom. The number of hydrogen-bond acceptors (Lipinski definition) is 7. The highest BCUT2D eigenvalue weighted by Gasteiger charge is 2.29. The lowest BCUT2D eigenvalue weighted by molar-refractivity contribution is -0.145. The van der Waals surface area contributed by atoms with Gasteiger partial charge in [0, 0.05) is 13.3 Å². The Hall–Kier alpha value is -2.68. The van der Waals surface area contributed by atoms with Crippen molar-refractivity contribution in [2.75, 3.05) is 12.3 Å². The van der Waals surface area contributed by atoms with Crippen molar-refractivity contribution in [2.45, 2.75) is 52.2 Å². The number of rotatable bonds is 5. The number of nitrogen functional groups attached to an aromatic ring is 1. The molecule has 2 aromatic rings. The van der Waals surface area contributed by atoms with E-state index in [9.17, 15) is 9.59 Å². The van der Waals surface area contributed by atoms with E-state index in [-0.39, 0.29) is 30.5 Å². The number of carbonyl (C=O) groups is 2. The summed E-state index contributed by atoms with van der Waals surface area (Å²) in [5, 5.41) is 12.3. The molecule has 0 spiro atoms. The predicted octanol–water partition coefficient (Wildman–Crippen LogP) is 2.21. The fourth-order valence-electron chi connectivity index (χ4n) is 2.82. The molecule has 2 aromatic heterocycles. The lowest BCUT2D eigenvalue weighted by atomic mass is 10.1. The summed E-state index contributed by atoms with van der Waals surface area (Å²) < 4.78 is 12.6. The van der Waals surface area contributed by atoms with Crippen molar-refractivity contribution in [1.29, 1.82) is 0 Å². The second-order valence-electron chi connectivity index (χ2n) is 6.82. The van der Waals surface area contributed by atoms with Crippen molar-refractivity contribution in [3.63, 3.8) is 0 Å². The van der Waals surface area contributed by atoms with Gasteiger partial charge in [-0.3, -0.25) is 9.59 Å². The van der Waals surface area contributed by atoms with E-state index in [1.165, 1.54) is 13.3 Å². The Morgan fingerprint density at radius 1 is 1.41 bits per heavy atom. The number of nitrogens with zero attached hydrogens (tertiary/aromatic N) is 3. The van der Waals surface area contributed by atoms with Crippen LogP contribution < -0.4 is 5.73 Å². The summed E-state index contributed by atoms with van der Waals surface area (Å²) in [5.74, 6) is -0.279. The third-order valence-corrected chi connectivity index (χ3v) is 4.00. The van der Waals surface area contributed by atoms with Crippen LogP contribution in [-0.2, 0) is 19.1 Å². The van der Waals surface area contributed by atoms with Gasteiger partial charge in [-0.2, -0.15) is 5.10 Å². The summed E-state index contributed by atoms with van der Waals surface area (Å²) in [6.45, 7) is 5.46. The largest absolute Gasteiger partial charge is 0.481 e. The van der Waals surface area contributed by atoms with Crippen LogP contribution in [0.5, 0.6) is 0 Å². The second kappa shape index (κ2) is 9.31. The average Bonchev–Trinajstić information content (AvgIpc) is 3.19. The van der Waals surface area contributed by atoms with E-state index in [0.717, 1.165) is 24.1 Å². The summed E-state index contributed by atoms with van der Waals surface area (Å²) in [4.78, 5) is 24.6. The van der Waals surface area contributed by atoms with Gasteiger partial charge in [-0.1, -0.05) is 13.8 Å². The van der Waals surface area contributed by atoms with Crippen molar-refractivity contribution in [1.82, 2.24) is 14.6 Å². The maximum Gasteiger partial charge on any atom is 0.303 e. The van der Waals surface area contributed by atoms with Gasteiger partial charge < -0.3 is 20.3 Å². The van der Waals surface area contributed by atoms with Gasteiger partial charge in [0.25, 0.3) is 0 Å². The Morgan fingerprint density at radius 3 is 2.74 bits per heavy atom. The molecule has 0 aromatic carbocycles. The Bertz CT molecular complexity index is 789. The lowest BCUT2D eigenvalue weighted by Gasteiger charge is -2.13. The molecule has 0 amide bonds. The molecular formula is C18H26N4O5. The minimum Gasteiger partial charge on any atom is -0.481 e. The fourth-order valence-corrected chi connectivity index (χ4v) is 2.82. The Balaban J connectivity index is 0.000000321. The molecule has 9 nitrogen and oxygen atoms in total. The first-order valence-corrected chi connectivity index (χ1v) is 8.86. The zero-order valence-electron chi connectivity index (χ0n) is 15.8. The van der Waals surface area contributed by atoms with Crippen molar-refractivity contribution < 1.29 is 24.2 Å². The Labute approximate surface area is 157 Å². The molecule has 27 heavy (non-hydrogen) atoms. The van der Waals surface area contributed by atoms with Crippen LogP contribution in [-0.4, -0.2) is 44.4 Å². The van der Waals surface area contributed by atoms with Crippen molar-refractivity contribution in [2.24, 2.45) is 5.92 Å². The van der Waals surface area contributed by atoms with Gasteiger partial charge in [-0.05, 0) is 30.9 Å². The zero-order valence-corrected chi connectivity index (χ0v) is 15.8. The van der Waals surface area contributed by atoms with Crippen molar-refractivity contribution >= 4 is 23.3 Å². The highest BCUT2D eigenvalue weighted by Crippen LogP contribution is 2.33. The fraction of sp³-hybridized carbons (Fsp3) is 0.556. The molecular weight excluding hydrogens is 352 g/mol. The number of carboxylic acid groups (broad SMARTS) is 1. The van der Waals surface area contributed by atoms with Crippen LogP contribution >= 0.6 is 0 Å². The van der Waals surface area contributed by atoms with Crippen LogP contribution in [0.3, 0.4) is 0 Å². The first-order valence-electron chi connectivity index (χ1n) is 8.86. The molecule has 3 rings (SSSR count). The number of ether oxygens (including phenoxy) is 2. The Kier molecular flexibility index (Phi) is 7.12. The van der Waals surface area contributed by atoms with Crippen LogP contribution in [0.4, 0.5) is 5.82 Å². The third-order valence-electron chi connectivity index (χ3n) is 4.00. The first-order chi connectivity index (χ1) is 12.8. The number of carbonyl (C=O) groups excluding carboxylic acids is 1. The van der Waals surface area contributed by atoms with Crippen LogP contribution in [0, 0.1) is 5.92 Å². The van der Waals surface area contributed by atoms with Gasteiger partial charge in [0.2, 0.25) is 0 Å². The number of nitrogens with two attached hydrogens (primary N) is 1. The van der Waals surface area contributed by atoms with Crippen LogP contribution in [0.25, 0.3) is 5.52 Å². The summed E-state index contributed by atoms with van der Waals surface area (Å²) in [5.41, 5.74) is 7.52. The molecule has 3 heterocycles. The molecule has 1 aliphatic rings. The summed E-state index contributed by atoms with van der Waals surface area (Å²) in [7, 11) is 0. The maximum absolute atomic E-state index is 10.8. The number of hydrogen-bond donors (Lipinski definition) is 2. The van der Waals surface area contributed by atoms with Gasteiger partial charge in [0.15, 0.2) is 5.82 Å².